The van der Waals surface area contributed by atoms with Gasteiger partial charge in [0.2, 0.25) is 15.9 Å². The van der Waals surface area contributed by atoms with Gasteiger partial charge < -0.3 is 9.64 Å². The molecule has 4 rings (SSSR count). The Balaban J connectivity index is 1.54. The number of piperidine rings is 1. The molecule has 28 heavy (non-hydrogen) atoms. The van der Waals surface area contributed by atoms with E-state index in [4.69, 9.17) is 4.74 Å². The molecule has 0 spiro atoms. The molecule has 1 aromatic rings. The molecule has 1 N–H and O–H groups in total. The standard InChI is InChI=1S/C18H21N3O6S/c22-16-14-4-3-13(10-15(14)17(23)19-16)28(25,26)21-5-1-2-12(11-21)18(24)20-6-8-27-9-7-20/h3-4,10,12H,1-2,5-9,11H2,(H,19,22,23). The highest BCUT2D eigenvalue weighted by Crippen LogP contribution is 2.27. The zero-order valence-corrected chi connectivity index (χ0v) is 16.0. The van der Waals surface area contributed by atoms with Crippen molar-refractivity contribution in [3.8, 4) is 0 Å². The van der Waals surface area contributed by atoms with Crippen LogP contribution >= 0.6 is 0 Å². The number of fused-ring (bicyclic) bond motifs is 1. The summed E-state index contributed by atoms with van der Waals surface area (Å²) in [6.07, 6.45) is 1.23. The number of hydrogen-bond donors (Lipinski definition) is 1. The minimum atomic E-state index is -3.88. The van der Waals surface area contributed by atoms with Gasteiger partial charge in [-0.25, -0.2) is 8.42 Å². The van der Waals surface area contributed by atoms with Gasteiger partial charge >= 0.3 is 0 Å². The van der Waals surface area contributed by atoms with Crippen molar-refractivity contribution in [2.24, 2.45) is 5.92 Å². The molecule has 3 aliphatic rings. The van der Waals surface area contributed by atoms with Crippen LogP contribution in [0.2, 0.25) is 0 Å². The molecule has 0 aliphatic carbocycles. The third kappa shape index (κ3) is 3.31. The molecule has 1 unspecified atom stereocenters. The number of ether oxygens (including phenoxy) is 1. The normalized spacial score (nSPS) is 23.4. The van der Waals surface area contributed by atoms with Crippen LogP contribution in [0.3, 0.4) is 0 Å². The Labute approximate surface area is 162 Å². The van der Waals surface area contributed by atoms with Crippen molar-refractivity contribution in [1.29, 1.82) is 0 Å². The van der Waals surface area contributed by atoms with Crippen molar-refractivity contribution in [3.05, 3.63) is 29.3 Å². The maximum Gasteiger partial charge on any atom is 0.258 e. The lowest BCUT2D eigenvalue weighted by molar-refractivity contribution is -0.140. The molecule has 2 fully saturated rings. The van der Waals surface area contributed by atoms with E-state index in [0.29, 0.717) is 45.7 Å². The molecule has 0 bridgehead atoms. The predicted molar refractivity (Wildman–Crippen MR) is 97.1 cm³/mol. The van der Waals surface area contributed by atoms with E-state index in [1.54, 1.807) is 4.90 Å². The number of nitrogens with one attached hydrogen (secondary N) is 1. The van der Waals surface area contributed by atoms with Crippen molar-refractivity contribution >= 4 is 27.7 Å². The average molecular weight is 407 g/mol. The summed E-state index contributed by atoms with van der Waals surface area (Å²) in [4.78, 5) is 38.0. The Hall–Kier alpha value is -2.30. The molecular weight excluding hydrogens is 386 g/mol. The summed E-state index contributed by atoms with van der Waals surface area (Å²) in [5.41, 5.74) is 0.229. The predicted octanol–water partition coefficient (Wildman–Crippen LogP) is -0.170. The number of carbonyl (C=O) groups excluding carboxylic acids is 3. The molecule has 0 aromatic heterocycles. The first-order chi connectivity index (χ1) is 13.4. The summed E-state index contributed by atoms with van der Waals surface area (Å²) >= 11 is 0. The molecule has 0 saturated carbocycles. The highest BCUT2D eigenvalue weighted by molar-refractivity contribution is 7.89. The fraction of sp³-hybridized carbons (Fsp3) is 0.500. The van der Waals surface area contributed by atoms with E-state index >= 15 is 0 Å². The van der Waals surface area contributed by atoms with E-state index in [1.165, 1.54) is 22.5 Å². The largest absolute Gasteiger partial charge is 0.378 e. The van der Waals surface area contributed by atoms with Gasteiger partial charge in [0, 0.05) is 26.2 Å². The SMILES string of the molecule is O=C1NC(=O)c2cc(S(=O)(=O)N3CCCC(C(=O)N4CCOCC4)C3)ccc21. The van der Waals surface area contributed by atoms with Crippen LogP contribution in [0, 0.1) is 5.92 Å². The number of morpholine rings is 1. The fourth-order valence-electron chi connectivity index (χ4n) is 3.86. The number of carbonyl (C=O) groups is 3. The lowest BCUT2D eigenvalue weighted by atomic mass is 9.98. The second-order valence-corrected chi connectivity index (χ2v) is 9.07. The van der Waals surface area contributed by atoms with Crippen LogP contribution in [0.25, 0.3) is 0 Å². The van der Waals surface area contributed by atoms with Crippen LogP contribution in [0.5, 0.6) is 0 Å². The van der Waals surface area contributed by atoms with Crippen LogP contribution < -0.4 is 5.32 Å². The molecule has 0 radical (unpaired) electrons. The summed E-state index contributed by atoms with van der Waals surface area (Å²) in [5, 5.41) is 2.15. The first-order valence-electron chi connectivity index (χ1n) is 9.24. The molecule has 3 aliphatic heterocycles. The van der Waals surface area contributed by atoms with Crippen molar-refractivity contribution in [2.45, 2.75) is 17.7 Å². The Morgan fingerprint density at radius 3 is 2.54 bits per heavy atom. The van der Waals surface area contributed by atoms with Gasteiger partial charge in [-0.3, -0.25) is 19.7 Å². The van der Waals surface area contributed by atoms with E-state index in [-0.39, 0.29) is 34.4 Å². The van der Waals surface area contributed by atoms with Crippen molar-refractivity contribution in [1.82, 2.24) is 14.5 Å². The Bertz CT molecular complexity index is 939. The van der Waals surface area contributed by atoms with Gasteiger partial charge in [-0.1, -0.05) is 0 Å². The molecule has 1 atom stereocenters. The smallest absolute Gasteiger partial charge is 0.258 e. The van der Waals surface area contributed by atoms with Gasteiger partial charge in [-0.2, -0.15) is 4.31 Å². The molecule has 3 heterocycles. The van der Waals surface area contributed by atoms with E-state index < -0.39 is 21.8 Å². The van der Waals surface area contributed by atoms with Crippen LogP contribution in [0.1, 0.15) is 33.6 Å². The summed E-state index contributed by atoms with van der Waals surface area (Å²) in [5.74, 6) is -1.56. The fourth-order valence-corrected chi connectivity index (χ4v) is 5.41. The summed E-state index contributed by atoms with van der Waals surface area (Å²) in [6.45, 7) is 2.47. The second-order valence-electron chi connectivity index (χ2n) is 7.13. The summed E-state index contributed by atoms with van der Waals surface area (Å²) in [6, 6.07) is 3.92. The minimum Gasteiger partial charge on any atom is -0.378 e. The first-order valence-corrected chi connectivity index (χ1v) is 10.7. The van der Waals surface area contributed by atoms with Crippen LogP contribution in [-0.4, -0.2) is 74.7 Å². The highest BCUT2D eigenvalue weighted by Gasteiger charge is 2.36. The zero-order valence-electron chi connectivity index (χ0n) is 15.2. The zero-order chi connectivity index (χ0) is 19.9. The molecule has 1 aromatic carbocycles. The van der Waals surface area contributed by atoms with Gasteiger partial charge in [0.15, 0.2) is 0 Å². The van der Waals surface area contributed by atoms with Crippen LogP contribution in [0.15, 0.2) is 23.1 Å². The number of nitrogens with zero attached hydrogens (tertiary/aromatic N) is 2. The Morgan fingerprint density at radius 2 is 1.79 bits per heavy atom. The Kier molecular flexibility index (Phi) is 4.94. The topological polar surface area (TPSA) is 113 Å². The van der Waals surface area contributed by atoms with Crippen molar-refractivity contribution in [2.75, 3.05) is 39.4 Å². The van der Waals surface area contributed by atoms with Gasteiger partial charge in [-0.05, 0) is 31.0 Å². The molecule has 150 valence electrons. The van der Waals surface area contributed by atoms with Crippen LogP contribution in [0.4, 0.5) is 0 Å². The molecular formula is C18H21N3O6S. The maximum atomic E-state index is 13.1. The van der Waals surface area contributed by atoms with E-state index in [0.717, 1.165) is 0 Å². The summed E-state index contributed by atoms with van der Waals surface area (Å²) in [7, 11) is -3.88. The van der Waals surface area contributed by atoms with Crippen molar-refractivity contribution < 1.29 is 27.5 Å². The number of rotatable bonds is 3. The molecule has 2 saturated heterocycles. The van der Waals surface area contributed by atoms with E-state index in [1.807, 2.05) is 0 Å². The van der Waals surface area contributed by atoms with Gasteiger partial charge in [0.05, 0.1) is 35.2 Å². The maximum absolute atomic E-state index is 13.1. The molecule has 10 heteroatoms. The number of amides is 3. The second kappa shape index (κ2) is 7.26. The Morgan fingerprint density at radius 1 is 1.07 bits per heavy atom. The monoisotopic (exact) mass is 407 g/mol. The average Bonchev–Trinajstić information content (AvgIpc) is 3.01. The van der Waals surface area contributed by atoms with Gasteiger partial charge in [0.1, 0.15) is 0 Å². The van der Waals surface area contributed by atoms with Gasteiger partial charge in [0.25, 0.3) is 11.8 Å². The lowest BCUT2D eigenvalue weighted by Gasteiger charge is -2.35. The molecule has 9 nitrogen and oxygen atoms in total. The number of sulfonamides is 1. The lowest BCUT2D eigenvalue weighted by Crippen LogP contribution is -2.49. The summed E-state index contributed by atoms with van der Waals surface area (Å²) < 4.78 is 32.7. The number of benzene rings is 1. The third-order valence-electron chi connectivity index (χ3n) is 5.40. The number of hydrogen-bond acceptors (Lipinski definition) is 6. The van der Waals surface area contributed by atoms with E-state index in [2.05, 4.69) is 5.32 Å². The molecule has 3 amide bonds. The quantitative estimate of drug-likeness (QED) is 0.696. The first kappa shape index (κ1) is 19.0. The van der Waals surface area contributed by atoms with E-state index in [9.17, 15) is 22.8 Å². The number of imide groups is 1. The van der Waals surface area contributed by atoms with Gasteiger partial charge in [-0.15, -0.1) is 0 Å². The van der Waals surface area contributed by atoms with Crippen molar-refractivity contribution in [3.63, 3.8) is 0 Å². The third-order valence-corrected chi connectivity index (χ3v) is 7.26. The minimum absolute atomic E-state index is 0.0397. The van der Waals surface area contributed by atoms with Crippen LogP contribution in [-0.2, 0) is 19.6 Å². The highest BCUT2D eigenvalue weighted by atomic mass is 32.2.